The summed E-state index contributed by atoms with van der Waals surface area (Å²) in [5.41, 5.74) is 2.24. The lowest BCUT2D eigenvalue weighted by Crippen LogP contribution is -1.61. The number of nitrogens with one attached hydrogen (secondary N) is 1. The van der Waals surface area contributed by atoms with Gasteiger partial charge in [-0.05, 0) is 17.7 Å². The summed E-state index contributed by atoms with van der Waals surface area (Å²) in [6.07, 6.45) is 11.2. The second-order valence-electron chi connectivity index (χ2n) is 2.53. The first-order chi connectivity index (χ1) is 5.95. The smallest absolute Gasteiger partial charge is 0.0974 e. The van der Waals surface area contributed by atoms with Gasteiger partial charge in [0, 0.05) is 18.0 Å². The molecular weight excluding hydrogens is 150 g/mol. The summed E-state index contributed by atoms with van der Waals surface area (Å²) in [5.74, 6) is 0. The van der Waals surface area contributed by atoms with Crippen LogP contribution in [0.4, 0.5) is 0 Å². The highest BCUT2D eigenvalue weighted by atomic mass is 16.3. The van der Waals surface area contributed by atoms with Crippen LogP contribution in [0.15, 0.2) is 41.5 Å². The number of furan rings is 1. The Morgan fingerprint density at radius 3 is 2.75 bits per heavy atom. The Hall–Kier alpha value is -1.70. The van der Waals surface area contributed by atoms with Gasteiger partial charge in [-0.2, -0.15) is 0 Å². The fourth-order valence-corrected chi connectivity index (χ4v) is 1.00. The van der Waals surface area contributed by atoms with Crippen LogP contribution in [0, 0.1) is 0 Å². The summed E-state index contributed by atoms with van der Waals surface area (Å²) >= 11 is 0. The van der Waals surface area contributed by atoms with Gasteiger partial charge in [0.25, 0.3) is 0 Å². The molecule has 0 saturated carbocycles. The standard InChI is InChI=1S/C10H9NO/c1(9-3-5-11-7-9)2-10-4-6-12-8-10/h1-8,11H. The van der Waals surface area contributed by atoms with Gasteiger partial charge in [0.05, 0.1) is 12.5 Å². The number of H-pyrrole nitrogens is 1. The van der Waals surface area contributed by atoms with Crippen LogP contribution < -0.4 is 0 Å². The normalized spacial score (nSPS) is 11.0. The van der Waals surface area contributed by atoms with Crippen molar-refractivity contribution in [3.05, 3.63) is 48.2 Å². The zero-order chi connectivity index (χ0) is 8.23. The maximum absolute atomic E-state index is 4.93. The zero-order valence-electron chi connectivity index (χ0n) is 6.53. The summed E-state index contributed by atoms with van der Waals surface area (Å²) < 4.78 is 4.93. The molecule has 2 rings (SSSR count). The van der Waals surface area contributed by atoms with E-state index in [1.54, 1.807) is 12.5 Å². The maximum atomic E-state index is 4.93. The van der Waals surface area contributed by atoms with E-state index in [-0.39, 0.29) is 0 Å². The molecular formula is C10H9NO. The molecule has 2 nitrogen and oxygen atoms in total. The number of aromatic nitrogens is 1. The third-order valence-corrected chi connectivity index (χ3v) is 1.63. The minimum absolute atomic E-state index is 1.08. The van der Waals surface area contributed by atoms with Crippen molar-refractivity contribution in [2.75, 3.05) is 0 Å². The molecule has 0 fully saturated rings. The Morgan fingerprint density at radius 1 is 1.17 bits per heavy atom. The van der Waals surface area contributed by atoms with E-state index in [9.17, 15) is 0 Å². The molecule has 0 atom stereocenters. The summed E-state index contributed by atoms with van der Waals surface area (Å²) in [4.78, 5) is 2.99. The van der Waals surface area contributed by atoms with Gasteiger partial charge in [0.1, 0.15) is 0 Å². The fourth-order valence-electron chi connectivity index (χ4n) is 1.00. The molecule has 0 spiro atoms. The van der Waals surface area contributed by atoms with Crippen molar-refractivity contribution in [1.29, 1.82) is 0 Å². The molecule has 2 aromatic rings. The minimum atomic E-state index is 1.08. The molecule has 2 heteroatoms. The van der Waals surface area contributed by atoms with Gasteiger partial charge in [-0.25, -0.2) is 0 Å². The molecule has 0 unspecified atom stereocenters. The first-order valence-electron chi connectivity index (χ1n) is 3.78. The lowest BCUT2D eigenvalue weighted by atomic mass is 10.2. The van der Waals surface area contributed by atoms with Crippen molar-refractivity contribution >= 4 is 12.2 Å². The Labute approximate surface area is 70.5 Å². The molecule has 0 aliphatic carbocycles. The molecule has 12 heavy (non-hydrogen) atoms. The Morgan fingerprint density at radius 2 is 2.08 bits per heavy atom. The average molecular weight is 159 g/mol. The van der Waals surface area contributed by atoms with E-state index in [1.165, 1.54) is 0 Å². The number of hydrogen-bond acceptors (Lipinski definition) is 1. The molecule has 2 heterocycles. The Bertz CT molecular complexity index is 307. The van der Waals surface area contributed by atoms with Crippen molar-refractivity contribution in [3.63, 3.8) is 0 Å². The van der Waals surface area contributed by atoms with E-state index in [0.29, 0.717) is 0 Å². The first-order valence-corrected chi connectivity index (χ1v) is 3.78. The number of aromatic amines is 1. The highest BCUT2D eigenvalue weighted by Crippen LogP contribution is 2.07. The highest BCUT2D eigenvalue weighted by Gasteiger charge is 1.87. The van der Waals surface area contributed by atoms with Crippen LogP contribution in [0.3, 0.4) is 0 Å². The van der Waals surface area contributed by atoms with Crippen LogP contribution in [0.1, 0.15) is 11.1 Å². The van der Waals surface area contributed by atoms with Gasteiger partial charge < -0.3 is 9.40 Å². The summed E-state index contributed by atoms with van der Waals surface area (Å²) in [5, 5.41) is 0. The fraction of sp³-hybridized carbons (Fsp3) is 0. The van der Waals surface area contributed by atoms with Gasteiger partial charge in [-0.3, -0.25) is 0 Å². The average Bonchev–Trinajstić information content (AvgIpc) is 2.74. The van der Waals surface area contributed by atoms with Gasteiger partial charge in [0.2, 0.25) is 0 Å². The van der Waals surface area contributed by atoms with Gasteiger partial charge >= 0.3 is 0 Å². The molecule has 0 saturated heterocycles. The van der Waals surface area contributed by atoms with Crippen molar-refractivity contribution in [1.82, 2.24) is 4.98 Å². The first kappa shape index (κ1) is 6.98. The van der Waals surface area contributed by atoms with Crippen molar-refractivity contribution in [3.8, 4) is 0 Å². The maximum Gasteiger partial charge on any atom is 0.0974 e. The van der Waals surface area contributed by atoms with Crippen LogP contribution >= 0.6 is 0 Å². The van der Waals surface area contributed by atoms with Crippen LogP contribution in [0.5, 0.6) is 0 Å². The monoisotopic (exact) mass is 159 g/mol. The lowest BCUT2D eigenvalue weighted by Gasteiger charge is -1.81. The molecule has 0 amide bonds. The zero-order valence-corrected chi connectivity index (χ0v) is 6.53. The van der Waals surface area contributed by atoms with Crippen molar-refractivity contribution in [2.24, 2.45) is 0 Å². The van der Waals surface area contributed by atoms with E-state index in [2.05, 4.69) is 4.98 Å². The second-order valence-corrected chi connectivity index (χ2v) is 2.53. The third-order valence-electron chi connectivity index (χ3n) is 1.63. The topological polar surface area (TPSA) is 28.9 Å². The highest BCUT2D eigenvalue weighted by molar-refractivity contribution is 5.68. The molecule has 0 radical (unpaired) electrons. The third kappa shape index (κ3) is 1.48. The number of hydrogen-bond donors (Lipinski definition) is 1. The van der Waals surface area contributed by atoms with Crippen LogP contribution in [0.25, 0.3) is 12.2 Å². The van der Waals surface area contributed by atoms with Crippen LogP contribution in [-0.4, -0.2) is 4.98 Å². The number of rotatable bonds is 2. The Balaban J connectivity index is 2.14. The molecule has 0 aliphatic rings. The summed E-state index contributed by atoms with van der Waals surface area (Å²) in [6, 6.07) is 3.93. The van der Waals surface area contributed by atoms with Gasteiger partial charge in [0.15, 0.2) is 0 Å². The predicted octanol–water partition coefficient (Wildman–Crippen LogP) is 2.78. The van der Waals surface area contributed by atoms with E-state index in [4.69, 9.17) is 4.42 Å². The van der Waals surface area contributed by atoms with Crippen LogP contribution in [0.2, 0.25) is 0 Å². The summed E-state index contributed by atoms with van der Waals surface area (Å²) in [7, 11) is 0. The minimum Gasteiger partial charge on any atom is -0.472 e. The Kier molecular flexibility index (Phi) is 1.82. The predicted molar refractivity (Wildman–Crippen MR) is 48.4 cm³/mol. The van der Waals surface area contributed by atoms with E-state index >= 15 is 0 Å². The molecule has 60 valence electrons. The van der Waals surface area contributed by atoms with Gasteiger partial charge in [-0.15, -0.1) is 0 Å². The van der Waals surface area contributed by atoms with Crippen molar-refractivity contribution < 1.29 is 4.42 Å². The second kappa shape index (κ2) is 3.13. The van der Waals surface area contributed by atoms with E-state index in [0.717, 1.165) is 11.1 Å². The van der Waals surface area contributed by atoms with Crippen molar-refractivity contribution in [2.45, 2.75) is 0 Å². The molecule has 0 bridgehead atoms. The van der Waals surface area contributed by atoms with E-state index < -0.39 is 0 Å². The molecule has 2 aromatic heterocycles. The molecule has 1 N–H and O–H groups in total. The quantitative estimate of drug-likeness (QED) is 0.717. The van der Waals surface area contributed by atoms with E-state index in [1.807, 2.05) is 36.7 Å². The molecule has 0 aliphatic heterocycles. The SMILES string of the molecule is C(=Cc1ccoc1)c1cc[nH]c1. The van der Waals surface area contributed by atoms with Crippen LogP contribution in [-0.2, 0) is 0 Å². The molecule has 0 aromatic carbocycles. The summed E-state index contributed by atoms with van der Waals surface area (Å²) in [6.45, 7) is 0. The van der Waals surface area contributed by atoms with Gasteiger partial charge in [-0.1, -0.05) is 12.2 Å². The lowest BCUT2D eigenvalue weighted by molar-refractivity contribution is 0.567. The largest absolute Gasteiger partial charge is 0.472 e.